The molecule has 178 valence electrons. The van der Waals surface area contributed by atoms with Gasteiger partial charge in [-0.25, -0.2) is 0 Å². The summed E-state index contributed by atoms with van der Waals surface area (Å²) >= 11 is 12.8. The van der Waals surface area contributed by atoms with Crippen molar-refractivity contribution < 1.29 is 9.53 Å². The van der Waals surface area contributed by atoms with E-state index in [2.05, 4.69) is 43.8 Å². The van der Waals surface area contributed by atoms with E-state index in [9.17, 15) is 4.79 Å². The first-order valence-corrected chi connectivity index (χ1v) is 12.4. The van der Waals surface area contributed by atoms with Crippen molar-refractivity contribution in [2.45, 2.75) is 50.0 Å². The van der Waals surface area contributed by atoms with E-state index < -0.39 is 0 Å². The lowest BCUT2D eigenvalue weighted by Gasteiger charge is -2.34. The predicted molar refractivity (Wildman–Crippen MR) is 132 cm³/mol. The lowest BCUT2D eigenvalue weighted by atomic mass is 9.93. The summed E-state index contributed by atoms with van der Waals surface area (Å²) in [5.74, 6) is 1.92. The fraction of sp³-hybridized carbons (Fsp3) is 0.440. The third-order valence-corrected chi connectivity index (χ3v) is 7.61. The van der Waals surface area contributed by atoms with Gasteiger partial charge in [-0.05, 0) is 31.2 Å². The molecular weight excluding hydrogens is 473 g/mol. The highest BCUT2D eigenvalue weighted by Crippen LogP contribution is 2.53. The summed E-state index contributed by atoms with van der Waals surface area (Å²) in [4.78, 5) is 18.3. The number of anilines is 1. The molecule has 1 aromatic carbocycles. The van der Waals surface area contributed by atoms with Crippen molar-refractivity contribution >= 4 is 34.9 Å². The average molecular weight is 500 g/mol. The SMILES string of the molecule is COC(=O)CCn1c(C2CCN(c3c(Cl)cncc3Cl)CC2)nnc1C1(c2ccccc2)CC1. The molecule has 0 amide bonds. The molecule has 0 N–H and O–H groups in total. The Morgan fingerprint density at radius 3 is 2.38 bits per heavy atom. The van der Waals surface area contributed by atoms with Crippen molar-refractivity contribution in [2.24, 2.45) is 0 Å². The molecule has 1 saturated carbocycles. The second-order valence-corrected chi connectivity index (χ2v) is 9.84. The molecule has 7 nitrogen and oxygen atoms in total. The maximum atomic E-state index is 12.0. The van der Waals surface area contributed by atoms with Gasteiger partial charge in [0.2, 0.25) is 0 Å². The van der Waals surface area contributed by atoms with Crippen LogP contribution in [-0.4, -0.2) is 45.9 Å². The number of carbonyl (C=O) groups is 1. The van der Waals surface area contributed by atoms with Gasteiger partial charge in [0.25, 0.3) is 0 Å². The summed E-state index contributed by atoms with van der Waals surface area (Å²) < 4.78 is 7.10. The molecule has 0 radical (unpaired) electrons. The van der Waals surface area contributed by atoms with Crippen LogP contribution in [0, 0.1) is 0 Å². The van der Waals surface area contributed by atoms with Crippen LogP contribution >= 0.6 is 23.2 Å². The second-order valence-electron chi connectivity index (χ2n) is 9.02. The number of hydrogen-bond donors (Lipinski definition) is 0. The summed E-state index contributed by atoms with van der Waals surface area (Å²) in [6, 6.07) is 10.5. The minimum Gasteiger partial charge on any atom is -0.469 e. The molecule has 2 aliphatic rings. The number of rotatable bonds is 7. The number of hydrogen-bond acceptors (Lipinski definition) is 6. The third-order valence-electron chi connectivity index (χ3n) is 7.06. The van der Waals surface area contributed by atoms with E-state index in [1.807, 2.05) is 6.07 Å². The smallest absolute Gasteiger partial charge is 0.307 e. The van der Waals surface area contributed by atoms with Crippen molar-refractivity contribution in [3.8, 4) is 0 Å². The summed E-state index contributed by atoms with van der Waals surface area (Å²) in [5.41, 5.74) is 1.97. The molecule has 0 bridgehead atoms. The monoisotopic (exact) mass is 499 g/mol. The lowest BCUT2D eigenvalue weighted by Crippen LogP contribution is -2.34. The first kappa shape index (κ1) is 23.1. The highest BCUT2D eigenvalue weighted by Gasteiger charge is 2.50. The number of halogens is 2. The van der Waals surface area contributed by atoms with Crippen molar-refractivity contribution in [3.63, 3.8) is 0 Å². The first-order valence-electron chi connectivity index (χ1n) is 11.6. The summed E-state index contributed by atoms with van der Waals surface area (Å²) in [6.45, 7) is 2.12. The van der Waals surface area contributed by atoms with Crippen LogP contribution in [-0.2, 0) is 21.5 Å². The molecule has 0 unspecified atom stereocenters. The highest BCUT2D eigenvalue weighted by atomic mass is 35.5. The second kappa shape index (κ2) is 9.55. The number of nitrogens with zero attached hydrogens (tertiary/aromatic N) is 5. The zero-order valence-corrected chi connectivity index (χ0v) is 20.6. The number of aromatic nitrogens is 4. The van der Waals surface area contributed by atoms with Gasteiger partial charge in [-0.3, -0.25) is 9.78 Å². The zero-order valence-electron chi connectivity index (χ0n) is 19.1. The molecule has 3 heterocycles. The molecule has 2 fully saturated rings. The van der Waals surface area contributed by atoms with Gasteiger partial charge in [0.05, 0.1) is 34.7 Å². The molecule has 1 aliphatic heterocycles. The van der Waals surface area contributed by atoms with Crippen LogP contribution in [0.15, 0.2) is 42.7 Å². The molecule has 3 aromatic rings. The Bertz CT molecular complexity index is 1150. The van der Waals surface area contributed by atoms with Crippen molar-refractivity contribution in [1.29, 1.82) is 0 Å². The molecule has 1 saturated heterocycles. The van der Waals surface area contributed by atoms with Crippen LogP contribution in [0.3, 0.4) is 0 Å². The molecular formula is C25H27Cl2N5O2. The van der Waals surface area contributed by atoms with Crippen LogP contribution in [0.4, 0.5) is 5.69 Å². The number of ether oxygens (including phenoxy) is 1. The van der Waals surface area contributed by atoms with Crippen LogP contribution in [0.1, 0.15) is 55.2 Å². The number of carbonyl (C=O) groups excluding carboxylic acids is 1. The molecule has 1 aliphatic carbocycles. The quantitative estimate of drug-likeness (QED) is 0.425. The molecule has 9 heteroatoms. The van der Waals surface area contributed by atoms with Gasteiger partial charge in [0.1, 0.15) is 11.6 Å². The van der Waals surface area contributed by atoms with Gasteiger partial charge in [-0.15, -0.1) is 10.2 Å². The standard InChI is InChI=1S/C25H27Cl2N5O2/c1-34-21(33)9-14-32-23(29-30-24(32)25(10-11-25)18-5-3-2-4-6-18)17-7-12-31(13-8-17)22-19(26)15-28-16-20(22)27/h2-6,15-17H,7-14H2,1H3. The zero-order chi connectivity index (χ0) is 23.7. The molecule has 5 rings (SSSR count). The number of benzene rings is 1. The van der Waals surface area contributed by atoms with Crippen LogP contribution in [0.25, 0.3) is 0 Å². The van der Waals surface area contributed by atoms with Gasteiger partial charge < -0.3 is 14.2 Å². The van der Waals surface area contributed by atoms with E-state index in [0.29, 0.717) is 23.0 Å². The third kappa shape index (κ3) is 4.27. The summed E-state index contributed by atoms with van der Waals surface area (Å²) in [6.07, 6.45) is 7.40. The Hall–Kier alpha value is -2.64. The van der Waals surface area contributed by atoms with Crippen LogP contribution in [0.2, 0.25) is 10.0 Å². The fourth-order valence-corrected chi connectivity index (χ4v) is 5.69. The van der Waals surface area contributed by atoms with Crippen molar-refractivity contribution in [2.75, 3.05) is 25.1 Å². The van der Waals surface area contributed by atoms with Crippen LogP contribution in [0.5, 0.6) is 0 Å². The minimum atomic E-state index is -0.230. The predicted octanol–water partition coefficient (Wildman–Crippen LogP) is 5.01. The number of piperidine rings is 1. The summed E-state index contributed by atoms with van der Waals surface area (Å²) in [7, 11) is 1.42. The molecule has 0 spiro atoms. The number of pyridine rings is 1. The van der Waals surface area contributed by atoms with E-state index in [1.54, 1.807) is 12.4 Å². The van der Waals surface area contributed by atoms with E-state index >= 15 is 0 Å². The largest absolute Gasteiger partial charge is 0.469 e. The fourth-order valence-electron chi connectivity index (χ4n) is 5.09. The van der Waals surface area contributed by atoms with Gasteiger partial charge in [-0.1, -0.05) is 53.5 Å². The van der Waals surface area contributed by atoms with Gasteiger partial charge in [-0.2, -0.15) is 0 Å². The number of methoxy groups -OCH3 is 1. The Morgan fingerprint density at radius 1 is 1.09 bits per heavy atom. The van der Waals surface area contributed by atoms with Gasteiger partial charge >= 0.3 is 5.97 Å². The van der Waals surface area contributed by atoms with Crippen LogP contribution < -0.4 is 4.90 Å². The minimum absolute atomic E-state index is 0.124. The average Bonchev–Trinajstić information content (AvgIpc) is 3.56. The Labute approximate surface area is 209 Å². The normalized spacial score (nSPS) is 17.6. The van der Waals surface area contributed by atoms with Crippen molar-refractivity contribution in [3.05, 3.63) is 70.0 Å². The first-order chi connectivity index (χ1) is 16.5. The van der Waals surface area contributed by atoms with Crippen molar-refractivity contribution in [1.82, 2.24) is 19.7 Å². The maximum absolute atomic E-state index is 12.0. The lowest BCUT2D eigenvalue weighted by molar-refractivity contribution is -0.140. The number of esters is 1. The molecule has 0 atom stereocenters. The van der Waals surface area contributed by atoms with E-state index in [1.165, 1.54) is 12.7 Å². The summed E-state index contributed by atoms with van der Waals surface area (Å²) in [5, 5.41) is 10.5. The Morgan fingerprint density at radius 2 is 1.76 bits per heavy atom. The topological polar surface area (TPSA) is 73.1 Å². The van der Waals surface area contributed by atoms with Gasteiger partial charge in [0, 0.05) is 37.9 Å². The van der Waals surface area contributed by atoms with E-state index in [4.69, 9.17) is 33.0 Å². The highest BCUT2D eigenvalue weighted by molar-refractivity contribution is 6.38. The molecule has 34 heavy (non-hydrogen) atoms. The van der Waals surface area contributed by atoms with E-state index in [-0.39, 0.29) is 17.3 Å². The molecule has 2 aromatic heterocycles. The maximum Gasteiger partial charge on any atom is 0.307 e. The Kier molecular flexibility index (Phi) is 6.49. The Balaban J connectivity index is 1.41. The van der Waals surface area contributed by atoms with Gasteiger partial charge in [0.15, 0.2) is 0 Å². The van der Waals surface area contributed by atoms with E-state index in [0.717, 1.165) is 56.1 Å².